The molecule has 0 aliphatic carbocycles. The van der Waals surface area contributed by atoms with Crippen molar-refractivity contribution in [1.29, 1.82) is 0 Å². The standard InChI is InChI=1S/C21H22BrFN2S.C21H24N2S2.C20H21BrN2S.C20H21ClN2S.C20H20F2N2S.C20H22N2S/c1-5-14-7-8-15(18(23)9-14)10-19-16(6-2)12(3)24-21(25-19)20-11-17(22)13(4)26-20;1-5-15-7-9-16(10-8-15)13-18-17(6-2)14(3)22-21(23-18)19-11-12-20(24-4)25-19;2*1-4-14-6-8-15(9-7-14)12-17-16(5-2)13(3)22-20(23-17)18-10-11-19(21)24-18;1-4-13-6-7-14(16(21)10-13)11-17-15(5-2)12(3)23-20(24-17)18-8-9-19(22)25-18;1-4-15-8-10-16(11-9-15)13-18-17(5-2)14(3)21-20(22-18)19-7-6-12-23-19/h7-9,11H,5-6,10H2,1-4H3;7-12H,5-6,13H2,1-4H3;2*6-11H,4-5,12H2,1-3H3;6-10H,4-5,11H2,1-3H3;6-12H,4-5,13H2,1-3H3. The van der Waals surface area contributed by atoms with Crippen molar-refractivity contribution in [2.45, 2.75) is 251 Å². The summed E-state index contributed by atoms with van der Waals surface area (Å²) in [7, 11) is 0. The Kier molecular flexibility index (Phi) is 42.7. The molecular formula is C122H130Br2ClF3N12S7. The molecule has 0 unspecified atom stereocenters. The Balaban J connectivity index is 0.000000147. The summed E-state index contributed by atoms with van der Waals surface area (Å²) in [6.07, 6.45) is 17.8. The number of thioether (sulfide) groups is 1. The van der Waals surface area contributed by atoms with E-state index in [1.54, 1.807) is 75.3 Å². The summed E-state index contributed by atoms with van der Waals surface area (Å²) in [5.41, 5.74) is 33.7. The van der Waals surface area contributed by atoms with E-state index in [1.807, 2.05) is 71.0 Å². The second-order valence-corrected chi connectivity index (χ2v) is 46.4. The third-order valence-corrected chi connectivity index (χ3v) is 35.0. The lowest BCUT2D eigenvalue weighted by atomic mass is 10.0. The zero-order valence-corrected chi connectivity index (χ0v) is 97.5. The van der Waals surface area contributed by atoms with Gasteiger partial charge in [-0.05, 0) is 342 Å². The second kappa shape index (κ2) is 55.2. The van der Waals surface area contributed by atoms with Gasteiger partial charge in [-0.2, -0.15) is 4.39 Å². The third kappa shape index (κ3) is 30.6. The highest BCUT2D eigenvalue weighted by molar-refractivity contribution is 9.11. The number of hydrogen-bond acceptors (Lipinski definition) is 19. The summed E-state index contributed by atoms with van der Waals surface area (Å²) < 4.78 is 46.5. The topological polar surface area (TPSA) is 155 Å². The Labute approximate surface area is 917 Å². The van der Waals surface area contributed by atoms with Gasteiger partial charge >= 0.3 is 0 Å². The van der Waals surface area contributed by atoms with Gasteiger partial charge < -0.3 is 0 Å². The van der Waals surface area contributed by atoms with Crippen molar-refractivity contribution in [3.05, 3.63) is 408 Å². The normalized spacial score (nSPS) is 11.0. The molecule has 762 valence electrons. The van der Waals surface area contributed by atoms with Crippen molar-refractivity contribution in [3.63, 3.8) is 0 Å². The van der Waals surface area contributed by atoms with E-state index in [2.05, 4.69) is 290 Å². The third-order valence-electron chi connectivity index (χ3n) is 26.1. The van der Waals surface area contributed by atoms with Crippen LogP contribution >= 0.6 is 123 Å². The van der Waals surface area contributed by atoms with Crippen LogP contribution in [0.2, 0.25) is 4.34 Å². The van der Waals surface area contributed by atoms with Gasteiger partial charge in [0.25, 0.3) is 0 Å². The number of rotatable bonds is 31. The maximum absolute atomic E-state index is 14.5. The Hall–Kier alpha value is -10.6. The van der Waals surface area contributed by atoms with Gasteiger partial charge in [0, 0.05) is 82.0 Å². The molecule has 0 bridgehead atoms. The number of halogens is 6. The summed E-state index contributed by atoms with van der Waals surface area (Å²) in [5, 5.41) is 1.81. The van der Waals surface area contributed by atoms with Gasteiger partial charge in [0.2, 0.25) is 0 Å². The van der Waals surface area contributed by atoms with Crippen molar-refractivity contribution in [3.8, 4) is 64.2 Å². The van der Waals surface area contributed by atoms with E-state index in [0.717, 1.165) is 271 Å². The molecule has 18 aromatic rings. The minimum Gasteiger partial charge on any atom is -0.232 e. The molecule has 12 nitrogen and oxygen atoms in total. The summed E-state index contributed by atoms with van der Waals surface area (Å²) in [6, 6.07) is 68.0. The molecule has 25 heteroatoms. The van der Waals surface area contributed by atoms with Crippen LogP contribution in [-0.2, 0) is 116 Å². The molecule has 0 aliphatic rings. The maximum Gasteiger partial charge on any atom is 0.177 e. The van der Waals surface area contributed by atoms with Crippen LogP contribution in [0.25, 0.3) is 64.2 Å². The summed E-state index contributed by atoms with van der Waals surface area (Å²) >= 11 is 24.3. The predicted molar refractivity (Wildman–Crippen MR) is 625 cm³/mol. The Morgan fingerprint density at radius 3 is 0.830 bits per heavy atom. The van der Waals surface area contributed by atoms with E-state index in [0.29, 0.717) is 34.7 Å². The first-order valence-electron chi connectivity index (χ1n) is 50.8. The minimum atomic E-state index is -0.265. The first-order valence-corrected chi connectivity index (χ1v) is 58.9. The molecule has 0 aliphatic heterocycles. The lowest BCUT2D eigenvalue weighted by Gasteiger charge is -2.13. The van der Waals surface area contributed by atoms with Crippen molar-refractivity contribution < 1.29 is 13.2 Å². The fourth-order valence-electron chi connectivity index (χ4n) is 17.7. The minimum absolute atomic E-state index is 0.154. The van der Waals surface area contributed by atoms with Gasteiger partial charge in [-0.3, -0.25) is 0 Å². The molecule has 0 N–H and O–H groups in total. The van der Waals surface area contributed by atoms with Crippen molar-refractivity contribution in [2.24, 2.45) is 0 Å². The molecule has 0 saturated heterocycles. The fourth-order valence-corrected chi connectivity index (χ4v) is 24.2. The summed E-state index contributed by atoms with van der Waals surface area (Å²) in [4.78, 5) is 64.5. The number of nitrogens with zero attached hydrogens (tertiary/aromatic N) is 12. The van der Waals surface area contributed by atoms with Gasteiger partial charge in [0.05, 0.1) is 75.8 Å². The van der Waals surface area contributed by atoms with Crippen molar-refractivity contribution in [2.75, 3.05) is 6.26 Å². The lowest BCUT2D eigenvalue weighted by Crippen LogP contribution is -2.06. The average Bonchev–Trinajstić information content (AvgIpc) is 1.73. The number of aromatic nitrogens is 12. The lowest BCUT2D eigenvalue weighted by molar-refractivity contribution is 0.610. The van der Waals surface area contributed by atoms with Crippen LogP contribution in [0, 0.1) is 65.2 Å². The highest BCUT2D eigenvalue weighted by Gasteiger charge is 2.24. The van der Waals surface area contributed by atoms with Crippen molar-refractivity contribution in [1.82, 2.24) is 59.8 Å². The van der Waals surface area contributed by atoms with E-state index in [9.17, 15) is 13.2 Å². The largest absolute Gasteiger partial charge is 0.232 e. The zero-order valence-electron chi connectivity index (χ0n) is 87.8. The molecule has 0 amide bonds. The molecule has 0 radical (unpaired) electrons. The van der Waals surface area contributed by atoms with E-state index in [4.69, 9.17) is 61.4 Å². The average molecular weight is 2240 g/mol. The summed E-state index contributed by atoms with van der Waals surface area (Å²) in [6.45, 7) is 40.0. The Morgan fingerprint density at radius 1 is 0.272 bits per heavy atom. The molecule has 12 aromatic heterocycles. The van der Waals surface area contributed by atoms with Gasteiger partial charge in [-0.15, -0.1) is 79.8 Å². The zero-order chi connectivity index (χ0) is 105. The number of hydrogen-bond donors (Lipinski definition) is 0. The van der Waals surface area contributed by atoms with Crippen LogP contribution in [0.15, 0.2) is 218 Å². The number of aryl methyl sites for hydroxylation is 13. The van der Waals surface area contributed by atoms with E-state index >= 15 is 0 Å². The van der Waals surface area contributed by atoms with E-state index in [1.165, 1.54) is 93.3 Å². The van der Waals surface area contributed by atoms with Crippen LogP contribution < -0.4 is 0 Å². The first kappa shape index (κ1) is 114. The Bertz CT molecular complexity index is 7260. The molecule has 0 spiro atoms. The van der Waals surface area contributed by atoms with Gasteiger partial charge in [0.1, 0.15) is 11.6 Å². The Morgan fingerprint density at radius 2 is 0.565 bits per heavy atom. The van der Waals surface area contributed by atoms with Crippen molar-refractivity contribution >= 4 is 123 Å². The quantitative estimate of drug-likeness (QED) is 0.0379. The smallest absolute Gasteiger partial charge is 0.177 e. The van der Waals surface area contributed by atoms with Gasteiger partial charge in [-0.1, -0.05) is 222 Å². The molecule has 0 atom stereocenters. The number of benzene rings is 6. The molecule has 0 saturated carbocycles. The maximum atomic E-state index is 14.5. The molecule has 12 heterocycles. The monoisotopic (exact) mass is 2240 g/mol. The SMILES string of the molecule is CCc1ccc(Cc2nc(-c3cc(Br)c(C)s3)nc(C)c2CC)c(F)c1.CCc1ccc(Cc2nc(-c3ccc(Br)s3)nc(C)c2CC)cc1.CCc1ccc(Cc2nc(-c3ccc(Cl)s3)nc(C)c2CC)cc1.CCc1ccc(Cc2nc(-c3ccc(F)s3)nc(C)c2CC)c(F)c1.CCc1ccc(Cc2nc(-c3ccc(SC)s3)nc(C)c2CC)cc1.CCc1ccc(Cc2nc(-c3cccs3)nc(C)c2CC)cc1. The van der Waals surface area contributed by atoms with E-state index in [-0.39, 0.29) is 16.8 Å². The fraction of sp³-hybridized carbons (Fsp3) is 0.311. The molecule has 147 heavy (non-hydrogen) atoms. The van der Waals surface area contributed by atoms with Gasteiger partial charge in [0.15, 0.2) is 40.1 Å². The number of thiophene rings is 6. The second-order valence-electron chi connectivity index (χ2n) is 35.9. The highest BCUT2D eigenvalue weighted by Crippen LogP contribution is 2.39. The highest BCUT2D eigenvalue weighted by atomic mass is 79.9. The predicted octanol–water partition coefficient (Wildman–Crippen LogP) is 35.0. The van der Waals surface area contributed by atoms with Crippen LogP contribution in [0.4, 0.5) is 13.2 Å². The van der Waals surface area contributed by atoms with Gasteiger partial charge in [-0.25, -0.2) is 68.6 Å². The first-order chi connectivity index (χ1) is 71.0. The van der Waals surface area contributed by atoms with E-state index < -0.39 is 0 Å². The molecule has 0 fully saturated rings. The van der Waals surface area contributed by atoms with Crippen LogP contribution in [0.5, 0.6) is 0 Å². The summed E-state index contributed by atoms with van der Waals surface area (Å²) in [5.74, 6) is 4.20. The molecule has 6 aromatic carbocycles. The van der Waals surface area contributed by atoms with Crippen LogP contribution in [0.3, 0.4) is 0 Å². The van der Waals surface area contributed by atoms with Crippen LogP contribution in [0.1, 0.15) is 256 Å². The van der Waals surface area contributed by atoms with Crippen LogP contribution in [-0.4, -0.2) is 66.1 Å². The molecular weight excluding hydrogens is 2110 g/mol. The molecule has 18 rings (SSSR count).